The Morgan fingerprint density at radius 3 is 2.42 bits per heavy atom. The minimum absolute atomic E-state index is 0.152. The molecule has 1 amide bonds. The van der Waals surface area contributed by atoms with Gasteiger partial charge >= 0.3 is 0 Å². The molecule has 134 valence electrons. The zero-order chi connectivity index (χ0) is 18.4. The Labute approximate surface area is 154 Å². The Balaban J connectivity index is 1.64. The van der Waals surface area contributed by atoms with E-state index in [9.17, 15) is 4.79 Å². The van der Waals surface area contributed by atoms with Crippen molar-refractivity contribution in [1.82, 2.24) is 4.90 Å². The lowest BCUT2D eigenvalue weighted by Gasteiger charge is -2.36. The number of nitrogens with zero attached hydrogens (tertiary/aromatic N) is 3. The van der Waals surface area contributed by atoms with Gasteiger partial charge in [0, 0.05) is 51.0 Å². The standard InChI is InChI=1S/C21H24N4O/c1-17(26)24-12-14-25(15-13-24)21-5-3-2-4-19(21)16-23-20-8-6-18(7-9-20)10-11-22/h2-9,23H,10,12-16H2,1H3. The highest BCUT2D eigenvalue weighted by Crippen LogP contribution is 2.23. The van der Waals surface area contributed by atoms with E-state index in [1.807, 2.05) is 29.2 Å². The predicted molar refractivity (Wildman–Crippen MR) is 104 cm³/mol. The molecule has 5 nitrogen and oxygen atoms in total. The molecule has 26 heavy (non-hydrogen) atoms. The number of piperazine rings is 1. The average Bonchev–Trinajstić information content (AvgIpc) is 2.68. The number of hydrogen-bond donors (Lipinski definition) is 1. The van der Waals surface area contributed by atoms with E-state index in [1.165, 1.54) is 11.3 Å². The summed E-state index contributed by atoms with van der Waals surface area (Å²) >= 11 is 0. The third kappa shape index (κ3) is 4.34. The van der Waals surface area contributed by atoms with Crippen LogP contribution in [-0.4, -0.2) is 37.0 Å². The van der Waals surface area contributed by atoms with Gasteiger partial charge < -0.3 is 15.1 Å². The number of carbonyl (C=O) groups is 1. The van der Waals surface area contributed by atoms with Gasteiger partial charge in [0.2, 0.25) is 5.91 Å². The van der Waals surface area contributed by atoms with E-state index in [4.69, 9.17) is 5.26 Å². The van der Waals surface area contributed by atoms with Gasteiger partial charge in [-0.15, -0.1) is 0 Å². The lowest BCUT2D eigenvalue weighted by molar-refractivity contribution is -0.129. The summed E-state index contributed by atoms with van der Waals surface area (Å²) < 4.78 is 0. The molecule has 2 aromatic rings. The second kappa shape index (κ2) is 8.39. The quantitative estimate of drug-likeness (QED) is 0.902. The first-order valence-corrected chi connectivity index (χ1v) is 8.95. The summed E-state index contributed by atoms with van der Waals surface area (Å²) in [6.45, 7) is 5.64. The number of hydrogen-bond acceptors (Lipinski definition) is 4. The van der Waals surface area contributed by atoms with Crippen molar-refractivity contribution in [3.63, 3.8) is 0 Å². The molecule has 3 rings (SSSR count). The second-order valence-electron chi connectivity index (χ2n) is 6.51. The highest BCUT2D eigenvalue weighted by Gasteiger charge is 2.20. The first kappa shape index (κ1) is 17.8. The SMILES string of the molecule is CC(=O)N1CCN(c2ccccc2CNc2ccc(CC#N)cc2)CC1. The summed E-state index contributed by atoms with van der Waals surface area (Å²) in [6.07, 6.45) is 0.440. The Hall–Kier alpha value is -3.00. The van der Waals surface area contributed by atoms with E-state index in [-0.39, 0.29) is 5.91 Å². The van der Waals surface area contributed by atoms with Gasteiger partial charge in [0.25, 0.3) is 0 Å². The van der Waals surface area contributed by atoms with E-state index in [0.29, 0.717) is 6.42 Å². The maximum atomic E-state index is 11.5. The van der Waals surface area contributed by atoms with E-state index in [0.717, 1.165) is 44.0 Å². The van der Waals surface area contributed by atoms with Crippen LogP contribution in [0.3, 0.4) is 0 Å². The molecule has 0 radical (unpaired) electrons. The van der Waals surface area contributed by atoms with Crippen LogP contribution in [0.1, 0.15) is 18.1 Å². The number of nitriles is 1. The van der Waals surface area contributed by atoms with Crippen molar-refractivity contribution in [3.8, 4) is 6.07 Å². The van der Waals surface area contributed by atoms with Gasteiger partial charge in [0.05, 0.1) is 12.5 Å². The van der Waals surface area contributed by atoms with Crippen LogP contribution in [0.15, 0.2) is 48.5 Å². The van der Waals surface area contributed by atoms with E-state index < -0.39 is 0 Å². The molecule has 5 heteroatoms. The zero-order valence-electron chi connectivity index (χ0n) is 15.1. The van der Waals surface area contributed by atoms with E-state index >= 15 is 0 Å². The molecule has 0 spiro atoms. The number of para-hydroxylation sites is 1. The van der Waals surface area contributed by atoms with Crippen LogP contribution >= 0.6 is 0 Å². The van der Waals surface area contributed by atoms with Crippen LogP contribution in [0.2, 0.25) is 0 Å². The molecule has 1 saturated heterocycles. The Morgan fingerprint density at radius 2 is 1.77 bits per heavy atom. The molecule has 1 aliphatic rings. The number of carbonyl (C=O) groups excluding carboxylic acids is 1. The summed E-state index contributed by atoms with van der Waals surface area (Å²) in [6, 6.07) is 18.6. The second-order valence-corrected chi connectivity index (χ2v) is 6.51. The summed E-state index contributed by atoms with van der Waals surface area (Å²) in [7, 11) is 0. The third-order valence-corrected chi connectivity index (χ3v) is 4.78. The highest BCUT2D eigenvalue weighted by molar-refractivity contribution is 5.73. The van der Waals surface area contributed by atoms with E-state index in [1.54, 1.807) is 6.92 Å². The lowest BCUT2D eigenvalue weighted by Crippen LogP contribution is -2.48. The lowest BCUT2D eigenvalue weighted by atomic mass is 10.1. The van der Waals surface area contributed by atoms with Gasteiger partial charge in [-0.2, -0.15) is 5.26 Å². The molecule has 0 bridgehead atoms. The molecule has 0 aromatic heterocycles. The zero-order valence-corrected chi connectivity index (χ0v) is 15.1. The van der Waals surface area contributed by atoms with Crippen molar-refractivity contribution >= 4 is 17.3 Å². The van der Waals surface area contributed by atoms with Crippen molar-refractivity contribution in [2.24, 2.45) is 0 Å². The van der Waals surface area contributed by atoms with Crippen molar-refractivity contribution < 1.29 is 4.79 Å². The van der Waals surface area contributed by atoms with Gasteiger partial charge in [-0.25, -0.2) is 0 Å². The minimum Gasteiger partial charge on any atom is -0.381 e. The van der Waals surface area contributed by atoms with E-state index in [2.05, 4.69) is 40.6 Å². The van der Waals surface area contributed by atoms with Crippen molar-refractivity contribution in [3.05, 3.63) is 59.7 Å². The van der Waals surface area contributed by atoms with Crippen LogP contribution in [0.4, 0.5) is 11.4 Å². The van der Waals surface area contributed by atoms with Crippen LogP contribution in [-0.2, 0) is 17.8 Å². The van der Waals surface area contributed by atoms with Gasteiger partial charge in [-0.3, -0.25) is 4.79 Å². The van der Waals surface area contributed by atoms with Crippen molar-refractivity contribution in [2.75, 3.05) is 36.4 Å². The molecule has 0 unspecified atom stereocenters. The Kier molecular flexibility index (Phi) is 5.75. The summed E-state index contributed by atoms with van der Waals surface area (Å²) in [5, 5.41) is 12.2. The number of anilines is 2. The molecule has 1 fully saturated rings. The number of amides is 1. The number of benzene rings is 2. The van der Waals surface area contributed by atoms with Crippen LogP contribution < -0.4 is 10.2 Å². The smallest absolute Gasteiger partial charge is 0.219 e. The van der Waals surface area contributed by atoms with Gasteiger partial charge in [0.1, 0.15) is 0 Å². The largest absolute Gasteiger partial charge is 0.381 e. The molecule has 1 N–H and O–H groups in total. The average molecular weight is 348 g/mol. The monoisotopic (exact) mass is 348 g/mol. The molecule has 0 saturated carbocycles. The summed E-state index contributed by atoms with van der Waals surface area (Å²) in [5.74, 6) is 0.152. The maximum Gasteiger partial charge on any atom is 0.219 e. The number of nitrogens with one attached hydrogen (secondary N) is 1. The fourth-order valence-corrected chi connectivity index (χ4v) is 3.26. The first-order chi connectivity index (χ1) is 12.7. The highest BCUT2D eigenvalue weighted by atomic mass is 16.2. The molecular weight excluding hydrogens is 324 g/mol. The molecule has 0 atom stereocenters. The Bertz CT molecular complexity index is 786. The van der Waals surface area contributed by atoms with Crippen molar-refractivity contribution in [2.45, 2.75) is 19.9 Å². The van der Waals surface area contributed by atoms with Crippen LogP contribution in [0.5, 0.6) is 0 Å². The van der Waals surface area contributed by atoms with Crippen LogP contribution in [0, 0.1) is 11.3 Å². The predicted octanol–water partition coefficient (Wildman–Crippen LogP) is 3.03. The topological polar surface area (TPSA) is 59.4 Å². The normalized spacial score (nSPS) is 14.0. The van der Waals surface area contributed by atoms with Gasteiger partial charge in [0.15, 0.2) is 0 Å². The van der Waals surface area contributed by atoms with Crippen molar-refractivity contribution in [1.29, 1.82) is 5.26 Å². The van der Waals surface area contributed by atoms with Crippen LogP contribution in [0.25, 0.3) is 0 Å². The fraction of sp³-hybridized carbons (Fsp3) is 0.333. The molecule has 2 aromatic carbocycles. The molecule has 0 aliphatic carbocycles. The van der Waals surface area contributed by atoms with Gasteiger partial charge in [-0.05, 0) is 29.3 Å². The molecule has 1 aliphatic heterocycles. The Morgan fingerprint density at radius 1 is 1.08 bits per heavy atom. The summed E-state index contributed by atoms with van der Waals surface area (Å²) in [4.78, 5) is 15.8. The third-order valence-electron chi connectivity index (χ3n) is 4.78. The minimum atomic E-state index is 0.152. The molecule has 1 heterocycles. The maximum absolute atomic E-state index is 11.5. The first-order valence-electron chi connectivity index (χ1n) is 8.95. The van der Waals surface area contributed by atoms with Gasteiger partial charge in [-0.1, -0.05) is 30.3 Å². The molecular formula is C21H24N4O. The summed E-state index contributed by atoms with van der Waals surface area (Å²) in [5.41, 5.74) is 4.54. The number of rotatable bonds is 5. The fourth-order valence-electron chi connectivity index (χ4n) is 3.26.